The van der Waals surface area contributed by atoms with Gasteiger partial charge in [0.2, 0.25) is 5.88 Å². The lowest BCUT2D eigenvalue weighted by Gasteiger charge is -2.38. The molecule has 0 bridgehead atoms. The van der Waals surface area contributed by atoms with Crippen LogP contribution in [0.15, 0.2) is 24.3 Å². The number of aromatic hydroxyl groups is 1. The fourth-order valence-corrected chi connectivity index (χ4v) is 3.77. The first-order valence-electron chi connectivity index (χ1n) is 10.3. The van der Waals surface area contributed by atoms with Crippen LogP contribution in [0.1, 0.15) is 34.6 Å². The van der Waals surface area contributed by atoms with Crippen LogP contribution in [-0.4, -0.2) is 86.1 Å². The van der Waals surface area contributed by atoms with E-state index < -0.39 is 51.3 Å². The molecule has 1 aromatic heterocycles. The Kier molecular flexibility index (Phi) is 7.27. The minimum atomic E-state index is -1.24. The first kappa shape index (κ1) is 25.2. The summed E-state index contributed by atoms with van der Waals surface area (Å²) in [6.45, 7) is 0.306. The highest BCUT2D eigenvalue weighted by Crippen LogP contribution is 2.28. The maximum absolute atomic E-state index is 13.1. The largest absolute Gasteiger partial charge is 0.492 e. The number of nitrogens with one attached hydrogen (secondary N) is 1. The van der Waals surface area contributed by atoms with Crippen molar-refractivity contribution in [1.29, 1.82) is 5.41 Å². The second kappa shape index (κ2) is 9.82. The van der Waals surface area contributed by atoms with E-state index >= 15 is 0 Å². The summed E-state index contributed by atoms with van der Waals surface area (Å²) in [5.74, 6) is -4.14. The first-order valence-corrected chi connectivity index (χ1v) is 10.7. The molecular weight excluding hydrogens is 469 g/mol. The number of piperidine rings is 1. The summed E-state index contributed by atoms with van der Waals surface area (Å²) in [6, 6.07) is 5.81. The molecular formula is C22H23ClFN5O5. The second-order valence-electron chi connectivity index (χ2n) is 8.26. The van der Waals surface area contributed by atoms with E-state index in [9.17, 15) is 29.0 Å². The van der Waals surface area contributed by atoms with Crippen molar-refractivity contribution < 1.29 is 29.0 Å². The quantitative estimate of drug-likeness (QED) is 0.406. The van der Waals surface area contributed by atoms with Crippen LogP contribution in [-0.2, 0) is 16.0 Å². The number of aliphatic hydroxyl groups is 1. The average Bonchev–Trinajstić information content (AvgIpc) is 2.79. The van der Waals surface area contributed by atoms with Crippen LogP contribution in [0.5, 0.6) is 5.88 Å². The number of hydrogen-bond donors (Lipinski definition) is 3. The van der Waals surface area contributed by atoms with Gasteiger partial charge in [0.15, 0.2) is 16.5 Å². The Morgan fingerprint density at radius 2 is 1.74 bits per heavy atom. The third-order valence-electron chi connectivity index (χ3n) is 5.53. The van der Waals surface area contributed by atoms with Gasteiger partial charge in [0, 0.05) is 33.6 Å². The van der Waals surface area contributed by atoms with Crippen LogP contribution in [0.4, 0.5) is 4.39 Å². The van der Waals surface area contributed by atoms with Crippen molar-refractivity contribution in [2.75, 3.05) is 27.2 Å². The molecule has 34 heavy (non-hydrogen) atoms. The predicted molar refractivity (Wildman–Crippen MR) is 119 cm³/mol. The molecule has 3 N–H and O–H groups in total. The van der Waals surface area contributed by atoms with Crippen molar-refractivity contribution in [3.63, 3.8) is 0 Å². The van der Waals surface area contributed by atoms with Gasteiger partial charge in [0.25, 0.3) is 17.6 Å². The van der Waals surface area contributed by atoms with Gasteiger partial charge < -0.3 is 20.0 Å². The smallest absolute Gasteiger partial charge is 0.296 e. The molecule has 1 fully saturated rings. The third-order valence-corrected chi connectivity index (χ3v) is 5.79. The van der Waals surface area contributed by atoms with Crippen molar-refractivity contribution in [1.82, 2.24) is 19.8 Å². The molecule has 0 radical (unpaired) electrons. The van der Waals surface area contributed by atoms with Crippen molar-refractivity contribution in [2.24, 2.45) is 0 Å². The Balaban J connectivity index is 1.75. The second-order valence-corrected chi connectivity index (χ2v) is 8.62. The normalized spacial score (nSPS) is 15.0. The molecule has 1 aliphatic heterocycles. The highest BCUT2D eigenvalue weighted by Gasteiger charge is 2.36. The lowest BCUT2D eigenvalue weighted by molar-refractivity contribution is -0.139. The maximum Gasteiger partial charge on any atom is 0.296 e. The molecule has 2 heterocycles. The zero-order chi connectivity index (χ0) is 25.2. The zero-order valence-corrected chi connectivity index (χ0v) is 19.3. The summed E-state index contributed by atoms with van der Waals surface area (Å²) in [4.78, 5) is 46.9. The number of likely N-dealkylation sites (tertiary alicyclic amines) is 1. The van der Waals surface area contributed by atoms with Crippen molar-refractivity contribution >= 4 is 34.9 Å². The van der Waals surface area contributed by atoms with E-state index in [2.05, 4.69) is 9.97 Å². The number of carbonyl (C=O) groups is 3. The number of ketones is 1. The summed E-state index contributed by atoms with van der Waals surface area (Å²) in [5, 5.41) is 28.4. The SMILES string of the molecule is CN(C)C(=O)C(=O)C(=N)c1nc(C(=O)N2CCC(O)(Cc3ccc(F)cc3)CC2)c(Cl)nc1O. The number of aromatic nitrogens is 2. The van der Waals surface area contributed by atoms with Gasteiger partial charge in [-0.3, -0.25) is 19.8 Å². The Hall–Kier alpha value is -3.44. The Bertz CT molecular complexity index is 1150. The van der Waals surface area contributed by atoms with Crippen molar-refractivity contribution in [3.8, 4) is 5.88 Å². The molecule has 1 saturated heterocycles. The van der Waals surface area contributed by atoms with Crippen LogP contribution in [0.3, 0.4) is 0 Å². The van der Waals surface area contributed by atoms with E-state index in [1.807, 2.05) is 0 Å². The lowest BCUT2D eigenvalue weighted by Crippen LogP contribution is -2.48. The van der Waals surface area contributed by atoms with Gasteiger partial charge in [-0.05, 0) is 30.5 Å². The first-order chi connectivity index (χ1) is 15.9. The highest BCUT2D eigenvalue weighted by molar-refractivity contribution is 6.67. The van der Waals surface area contributed by atoms with Crippen molar-refractivity contribution in [3.05, 3.63) is 52.2 Å². The highest BCUT2D eigenvalue weighted by atomic mass is 35.5. The standard InChI is InChI=1S/C22H23ClFN5O5/c1-28(2)21(33)17(30)14(25)15-19(31)27-18(23)16(26-15)20(32)29-9-7-22(34,8-10-29)11-12-3-5-13(24)6-4-12/h3-6,25,34H,7-11H2,1-2H3,(H,27,31). The molecule has 12 heteroatoms. The van der Waals surface area contributed by atoms with Gasteiger partial charge in [-0.25, -0.2) is 9.37 Å². The zero-order valence-electron chi connectivity index (χ0n) is 18.5. The Morgan fingerprint density at radius 1 is 1.15 bits per heavy atom. The van der Waals surface area contributed by atoms with E-state index in [0.717, 1.165) is 10.5 Å². The summed E-state index contributed by atoms with van der Waals surface area (Å²) >= 11 is 6.00. The fourth-order valence-electron chi connectivity index (χ4n) is 3.56. The molecule has 10 nitrogen and oxygen atoms in total. The molecule has 0 aliphatic carbocycles. The van der Waals surface area contributed by atoms with E-state index in [-0.39, 0.29) is 31.7 Å². The van der Waals surface area contributed by atoms with Gasteiger partial charge >= 0.3 is 0 Å². The molecule has 2 amide bonds. The Labute approximate surface area is 199 Å². The molecule has 180 valence electrons. The van der Waals surface area contributed by atoms with Gasteiger partial charge in [0.05, 0.1) is 5.60 Å². The van der Waals surface area contributed by atoms with E-state index in [0.29, 0.717) is 6.42 Å². The topological polar surface area (TPSA) is 148 Å². The predicted octanol–water partition coefficient (Wildman–Crippen LogP) is 1.21. The minimum absolute atomic E-state index is 0.153. The summed E-state index contributed by atoms with van der Waals surface area (Å²) in [6.07, 6.45) is 0.758. The molecule has 0 saturated carbocycles. The van der Waals surface area contributed by atoms with Crippen LogP contribution < -0.4 is 0 Å². The summed E-state index contributed by atoms with van der Waals surface area (Å²) in [5.41, 5.74) is -2.30. The van der Waals surface area contributed by atoms with Gasteiger partial charge in [-0.2, -0.15) is 4.98 Å². The van der Waals surface area contributed by atoms with Crippen LogP contribution in [0.2, 0.25) is 5.15 Å². The van der Waals surface area contributed by atoms with E-state index in [1.165, 1.54) is 31.1 Å². The minimum Gasteiger partial charge on any atom is -0.492 e. The number of carbonyl (C=O) groups excluding carboxylic acids is 3. The van der Waals surface area contributed by atoms with Crippen LogP contribution in [0.25, 0.3) is 0 Å². The third kappa shape index (κ3) is 5.37. The Morgan fingerprint density at radius 3 is 2.29 bits per heavy atom. The molecule has 0 spiro atoms. The number of halogens is 2. The number of benzene rings is 1. The number of hydrogen-bond acceptors (Lipinski definition) is 8. The van der Waals surface area contributed by atoms with Crippen LogP contribution >= 0.6 is 11.6 Å². The lowest BCUT2D eigenvalue weighted by atomic mass is 9.85. The molecule has 0 unspecified atom stereocenters. The van der Waals surface area contributed by atoms with Gasteiger partial charge in [-0.1, -0.05) is 23.7 Å². The summed E-state index contributed by atoms with van der Waals surface area (Å²) < 4.78 is 13.1. The molecule has 3 rings (SSSR count). The van der Waals surface area contributed by atoms with E-state index in [1.54, 1.807) is 12.1 Å². The number of rotatable bonds is 6. The average molecular weight is 492 g/mol. The maximum atomic E-state index is 13.1. The van der Waals surface area contributed by atoms with Gasteiger partial charge in [-0.15, -0.1) is 0 Å². The van der Waals surface area contributed by atoms with Gasteiger partial charge in [0.1, 0.15) is 11.5 Å². The number of amides is 2. The monoisotopic (exact) mass is 491 g/mol. The van der Waals surface area contributed by atoms with E-state index in [4.69, 9.17) is 17.0 Å². The molecule has 0 atom stereocenters. The molecule has 1 aromatic carbocycles. The van der Waals surface area contributed by atoms with Crippen LogP contribution in [0, 0.1) is 11.2 Å². The number of Topliss-reactive ketones (excluding diaryl/α,β-unsaturated/α-hetero) is 1. The number of likely N-dealkylation sites (N-methyl/N-ethyl adjacent to an activating group) is 1. The number of nitrogens with zero attached hydrogens (tertiary/aromatic N) is 4. The molecule has 2 aromatic rings. The van der Waals surface area contributed by atoms with Crippen molar-refractivity contribution in [2.45, 2.75) is 24.9 Å². The summed E-state index contributed by atoms with van der Waals surface area (Å²) in [7, 11) is 2.65. The fraction of sp³-hybridized carbons (Fsp3) is 0.364. The molecule has 1 aliphatic rings.